The van der Waals surface area contributed by atoms with Crippen molar-refractivity contribution in [3.8, 4) is 0 Å². The van der Waals surface area contributed by atoms with Crippen LogP contribution in [0.4, 0.5) is 10.1 Å². The van der Waals surface area contributed by atoms with Crippen molar-refractivity contribution in [2.45, 2.75) is 31.7 Å². The summed E-state index contributed by atoms with van der Waals surface area (Å²) in [4.78, 5) is 24.1. The smallest absolute Gasteiger partial charge is 0.258 e. The maximum absolute atomic E-state index is 12.9. The number of aromatic amines is 1. The van der Waals surface area contributed by atoms with Crippen molar-refractivity contribution in [2.24, 2.45) is 5.92 Å². The quantitative estimate of drug-likeness (QED) is 0.927. The van der Waals surface area contributed by atoms with Crippen molar-refractivity contribution < 1.29 is 9.18 Å². The lowest BCUT2D eigenvalue weighted by atomic mass is 9.85. The fraction of sp³-hybridized carbons (Fsp3) is 0.529. The van der Waals surface area contributed by atoms with Gasteiger partial charge >= 0.3 is 0 Å². The fourth-order valence-electron chi connectivity index (χ4n) is 3.94. The molecule has 1 fully saturated rings. The summed E-state index contributed by atoms with van der Waals surface area (Å²) in [5.41, 5.74) is 2.46. The van der Waals surface area contributed by atoms with Crippen LogP contribution in [-0.4, -0.2) is 47.2 Å². The van der Waals surface area contributed by atoms with Crippen LogP contribution in [0.25, 0.3) is 11.0 Å². The van der Waals surface area contributed by atoms with Crippen molar-refractivity contribution in [1.29, 1.82) is 0 Å². The first-order chi connectivity index (χ1) is 11.2. The van der Waals surface area contributed by atoms with E-state index in [4.69, 9.17) is 0 Å². The molecular weight excluding hydrogens is 295 g/mol. The lowest BCUT2D eigenvalue weighted by molar-refractivity contribution is 0.0774. The normalized spacial score (nSPS) is 25.0. The van der Waals surface area contributed by atoms with Gasteiger partial charge in [0.1, 0.15) is 5.65 Å². The van der Waals surface area contributed by atoms with Gasteiger partial charge in [-0.15, -0.1) is 0 Å². The molecule has 0 atom stereocenters. The molecule has 3 heterocycles. The Labute approximate surface area is 134 Å². The Kier molecular flexibility index (Phi) is 3.47. The molecule has 2 aromatic heterocycles. The minimum atomic E-state index is -0.215. The van der Waals surface area contributed by atoms with Gasteiger partial charge in [0.05, 0.1) is 24.6 Å². The molecule has 1 N–H and O–H groups in total. The number of aromatic nitrogens is 2. The molecule has 2 aliphatic rings. The molecule has 2 aromatic rings. The van der Waals surface area contributed by atoms with Crippen molar-refractivity contribution >= 4 is 22.6 Å². The van der Waals surface area contributed by atoms with Gasteiger partial charge in [-0.1, -0.05) is 0 Å². The number of anilines is 1. The topological polar surface area (TPSA) is 52.2 Å². The van der Waals surface area contributed by atoms with E-state index in [1.54, 1.807) is 11.1 Å². The Balaban J connectivity index is 1.75. The van der Waals surface area contributed by atoms with Gasteiger partial charge in [-0.25, -0.2) is 4.98 Å². The second-order valence-electron chi connectivity index (χ2n) is 6.70. The number of nitrogens with zero attached hydrogens (tertiary/aromatic N) is 3. The first-order valence-electron chi connectivity index (χ1n) is 8.23. The molecule has 1 saturated carbocycles. The minimum absolute atomic E-state index is 0.0179. The summed E-state index contributed by atoms with van der Waals surface area (Å²) in [6, 6.07) is 2.34. The van der Waals surface area contributed by atoms with Gasteiger partial charge in [0.25, 0.3) is 5.91 Å². The van der Waals surface area contributed by atoms with Crippen LogP contribution >= 0.6 is 0 Å². The Morgan fingerprint density at radius 2 is 2.13 bits per heavy atom. The van der Waals surface area contributed by atoms with E-state index in [1.165, 1.54) is 0 Å². The number of carbonyl (C=O) groups excluding carboxylic acids is 1. The van der Waals surface area contributed by atoms with E-state index in [0.717, 1.165) is 42.4 Å². The molecule has 6 heteroatoms. The van der Waals surface area contributed by atoms with Crippen LogP contribution in [0.1, 0.15) is 36.0 Å². The number of alkyl halides is 1. The van der Waals surface area contributed by atoms with Crippen LogP contribution in [-0.2, 0) is 0 Å². The predicted octanol–water partition coefficient (Wildman–Crippen LogP) is 2.94. The highest BCUT2D eigenvalue weighted by Crippen LogP contribution is 2.38. The van der Waals surface area contributed by atoms with Crippen LogP contribution < -0.4 is 4.90 Å². The molecule has 23 heavy (non-hydrogen) atoms. The summed E-state index contributed by atoms with van der Waals surface area (Å²) >= 11 is 0. The molecule has 1 amide bonds. The van der Waals surface area contributed by atoms with Crippen LogP contribution in [0.3, 0.4) is 0 Å². The third-order valence-electron chi connectivity index (χ3n) is 5.26. The number of fused-ring (bicyclic) bond motifs is 3. The lowest BCUT2D eigenvalue weighted by Gasteiger charge is -2.43. The fourth-order valence-corrected chi connectivity index (χ4v) is 3.94. The molecule has 5 nitrogen and oxygen atoms in total. The number of nitrogens with one attached hydrogen (secondary N) is 1. The molecule has 1 aliphatic heterocycles. The molecule has 0 bridgehead atoms. The number of hydrogen-bond acceptors (Lipinski definition) is 3. The molecule has 0 unspecified atom stereocenters. The standard InChI is InChI=1S/C17H21FN4O/c1-21-10-22(12-4-2-11(8-18)3-5-12)15-13-6-7-19-16(13)20-9-14(15)17(21)23/h6-7,9,11-12H,2-5,8,10H2,1H3,(H,19,20). The number of hydrogen-bond donors (Lipinski definition) is 1. The van der Waals surface area contributed by atoms with Crippen molar-refractivity contribution in [3.63, 3.8) is 0 Å². The second-order valence-corrected chi connectivity index (χ2v) is 6.70. The van der Waals surface area contributed by atoms with Crippen LogP contribution in [0.2, 0.25) is 0 Å². The molecule has 0 aromatic carbocycles. The van der Waals surface area contributed by atoms with E-state index in [-0.39, 0.29) is 18.5 Å². The third-order valence-corrected chi connectivity index (χ3v) is 5.26. The average molecular weight is 316 g/mol. The predicted molar refractivity (Wildman–Crippen MR) is 87.3 cm³/mol. The minimum Gasteiger partial charge on any atom is -0.349 e. The molecule has 0 radical (unpaired) electrons. The monoisotopic (exact) mass is 316 g/mol. The van der Waals surface area contributed by atoms with E-state index in [0.29, 0.717) is 18.3 Å². The van der Waals surface area contributed by atoms with Gasteiger partial charge in [-0.2, -0.15) is 0 Å². The van der Waals surface area contributed by atoms with Crippen molar-refractivity contribution in [3.05, 3.63) is 24.0 Å². The maximum Gasteiger partial charge on any atom is 0.258 e. The van der Waals surface area contributed by atoms with Gasteiger partial charge in [-0.3, -0.25) is 9.18 Å². The summed E-state index contributed by atoms with van der Waals surface area (Å²) in [5.74, 6) is 0.226. The number of halogens is 1. The highest BCUT2D eigenvalue weighted by Gasteiger charge is 2.35. The zero-order valence-corrected chi connectivity index (χ0v) is 13.3. The SMILES string of the molecule is CN1CN(C2CCC(CF)CC2)c2c(cnc3[nH]ccc23)C1=O. The third kappa shape index (κ3) is 2.28. The molecule has 122 valence electrons. The second kappa shape index (κ2) is 5.51. The highest BCUT2D eigenvalue weighted by molar-refractivity contribution is 6.08. The van der Waals surface area contributed by atoms with Gasteiger partial charge < -0.3 is 14.8 Å². The Hall–Kier alpha value is -2.11. The number of carbonyl (C=O) groups is 1. The van der Waals surface area contributed by atoms with Gasteiger partial charge in [0, 0.05) is 30.9 Å². The lowest BCUT2D eigenvalue weighted by Crippen LogP contribution is -2.50. The summed E-state index contributed by atoms with van der Waals surface area (Å²) in [7, 11) is 1.83. The summed E-state index contributed by atoms with van der Waals surface area (Å²) < 4.78 is 12.9. The number of pyridine rings is 1. The largest absolute Gasteiger partial charge is 0.349 e. The summed E-state index contributed by atoms with van der Waals surface area (Å²) in [6.45, 7) is 0.370. The van der Waals surface area contributed by atoms with Gasteiger partial charge in [-0.05, 0) is 37.7 Å². The van der Waals surface area contributed by atoms with E-state index >= 15 is 0 Å². The molecule has 1 aliphatic carbocycles. The Bertz CT molecular complexity index is 735. The highest BCUT2D eigenvalue weighted by atomic mass is 19.1. The number of amides is 1. The molecule has 4 rings (SSSR count). The van der Waals surface area contributed by atoms with Crippen molar-refractivity contribution in [2.75, 3.05) is 25.3 Å². The Morgan fingerprint density at radius 3 is 2.87 bits per heavy atom. The molecule has 0 spiro atoms. The average Bonchev–Trinajstić information content (AvgIpc) is 3.06. The number of rotatable bonds is 2. The number of H-pyrrole nitrogens is 1. The van der Waals surface area contributed by atoms with Crippen LogP contribution in [0, 0.1) is 5.92 Å². The van der Waals surface area contributed by atoms with E-state index in [2.05, 4.69) is 14.9 Å². The van der Waals surface area contributed by atoms with Gasteiger partial charge in [0.2, 0.25) is 0 Å². The zero-order chi connectivity index (χ0) is 16.0. The Morgan fingerprint density at radius 1 is 1.35 bits per heavy atom. The summed E-state index contributed by atoms with van der Waals surface area (Å²) in [6.07, 6.45) is 7.33. The molecule has 0 saturated heterocycles. The van der Waals surface area contributed by atoms with Crippen LogP contribution in [0.15, 0.2) is 18.5 Å². The van der Waals surface area contributed by atoms with E-state index in [9.17, 15) is 9.18 Å². The zero-order valence-electron chi connectivity index (χ0n) is 13.3. The first kappa shape index (κ1) is 14.5. The van der Waals surface area contributed by atoms with Gasteiger partial charge in [0.15, 0.2) is 0 Å². The van der Waals surface area contributed by atoms with E-state index < -0.39 is 0 Å². The van der Waals surface area contributed by atoms with E-state index in [1.807, 2.05) is 19.3 Å². The van der Waals surface area contributed by atoms with Crippen molar-refractivity contribution in [1.82, 2.24) is 14.9 Å². The molecular formula is C17H21FN4O. The summed E-state index contributed by atoms with van der Waals surface area (Å²) in [5, 5.41) is 0.997. The maximum atomic E-state index is 12.9. The van der Waals surface area contributed by atoms with Crippen LogP contribution in [0.5, 0.6) is 0 Å². The first-order valence-corrected chi connectivity index (χ1v) is 8.23.